The van der Waals surface area contributed by atoms with Crippen LogP contribution in [-0.2, 0) is 0 Å². The molecule has 0 bridgehead atoms. The molecule has 0 saturated carbocycles. The van der Waals surface area contributed by atoms with Crippen molar-refractivity contribution in [2.24, 2.45) is 0 Å². The Bertz CT molecular complexity index is 721. The van der Waals surface area contributed by atoms with E-state index in [2.05, 4.69) is 20.8 Å². The molecule has 0 aliphatic rings. The molecular weight excluding hydrogens is 322 g/mol. The molecular formula is C17H23N5O3. The third-order valence-corrected chi connectivity index (χ3v) is 3.52. The Labute approximate surface area is 147 Å². The van der Waals surface area contributed by atoms with Crippen molar-refractivity contribution in [2.45, 2.75) is 0 Å². The highest BCUT2D eigenvalue weighted by Gasteiger charge is 2.10. The lowest BCUT2D eigenvalue weighted by atomic mass is 10.2. The summed E-state index contributed by atoms with van der Waals surface area (Å²) in [5.74, 6) is 1.58. The Morgan fingerprint density at radius 3 is 2.56 bits per heavy atom. The number of ether oxygens (including phenoxy) is 2. The fourth-order valence-electron chi connectivity index (χ4n) is 2.13. The molecule has 134 valence electrons. The summed E-state index contributed by atoms with van der Waals surface area (Å²) in [6, 6.07) is 6.93. The number of hydrogen-bond acceptors (Lipinski definition) is 7. The van der Waals surface area contributed by atoms with Gasteiger partial charge in [-0.2, -0.15) is 5.10 Å². The van der Waals surface area contributed by atoms with E-state index in [9.17, 15) is 4.79 Å². The van der Waals surface area contributed by atoms with Crippen LogP contribution < -0.4 is 25.0 Å². The van der Waals surface area contributed by atoms with Crippen LogP contribution in [0, 0.1) is 0 Å². The second-order valence-corrected chi connectivity index (χ2v) is 5.45. The minimum Gasteiger partial charge on any atom is -0.493 e. The summed E-state index contributed by atoms with van der Waals surface area (Å²) in [5, 5.41) is 13.9. The lowest BCUT2D eigenvalue weighted by molar-refractivity contribution is 0.0954. The van der Waals surface area contributed by atoms with Crippen LogP contribution in [0.4, 0.5) is 11.5 Å². The number of amides is 1. The van der Waals surface area contributed by atoms with Gasteiger partial charge >= 0.3 is 0 Å². The predicted molar refractivity (Wildman–Crippen MR) is 96.7 cm³/mol. The van der Waals surface area contributed by atoms with Crippen LogP contribution in [-0.4, -0.2) is 57.5 Å². The van der Waals surface area contributed by atoms with Gasteiger partial charge < -0.3 is 25.0 Å². The Balaban J connectivity index is 1.85. The highest BCUT2D eigenvalue weighted by Crippen LogP contribution is 2.27. The molecule has 8 heteroatoms. The smallest absolute Gasteiger partial charge is 0.251 e. The minimum atomic E-state index is -0.184. The lowest BCUT2D eigenvalue weighted by Gasteiger charge is -2.13. The first-order valence-electron chi connectivity index (χ1n) is 7.79. The van der Waals surface area contributed by atoms with Gasteiger partial charge in [0.1, 0.15) is 0 Å². The van der Waals surface area contributed by atoms with Crippen molar-refractivity contribution in [1.29, 1.82) is 0 Å². The first-order chi connectivity index (χ1) is 12.0. The zero-order chi connectivity index (χ0) is 18.2. The van der Waals surface area contributed by atoms with E-state index in [0.29, 0.717) is 36.0 Å². The van der Waals surface area contributed by atoms with Crippen molar-refractivity contribution in [3.05, 3.63) is 36.0 Å². The van der Waals surface area contributed by atoms with E-state index in [-0.39, 0.29) is 5.91 Å². The summed E-state index contributed by atoms with van der Waals surface area (Å²) in [7, 11) is 6.96. The van der Waals surface area contributed by atoms with Crippen LogP contribution in [0.2, 0.25) is 0 Å². The van der Waals surface area contributed by atoms with E-state index in [1.54, 1.807) is 31.5 Å². The molecule has 0 unspecified atom stereocenters. The molecule has 0 spiro atoms. The van der Waals surface area contributed by atoms with Gasteiger partial charge in [-0.05, 0) is 18.2 Å². The number of carbonyl (C=O) groups excluding carboxylic acids is 1. The van der Waals surface area contributed by atoms with E-state index in [0.717, 1.165) is 5.69 Å². The van der Waals surface area contributed by atoms with E-state index in [1.807, 2.05) is 25.1 Å². The summed E-state index contributed by atoms with van der Waals surface area (Å²) < 4.78 is 10.4. The van der Waals surface area contributed by atoms with Crippen molar-refractivity contribution in [1.82, 2.24) is 15.5 Å². The van der Waals surface area contributed by atoms with E-state index >= 15 is 0 Å². The molecule has 0 atom stereocenters. The standard InChI is InChI=1S/C17H23N5O3/c1-22(2)13-10-16(21-20-11-13)18-7-8-19-17(23)12-5-6-14(24-3)15(9-12)25-4/h5-6,9-11H,7-8H2,1-4H3,(H,18,21)(H,19,23). The number of hydrogen-bond donors (Lipinski definition) is 2. The maximum Gasteiger partial charge on any atom is 0.251 e. The van der Waals surface area contributed by atoms with Crippen LogP contribution in [0.1, 0.15) is 10.4 Å². The van der Waals surface area contributed by atoms with Gasteiger partial charge in [0, 0.05) is 38.8 Å². The number of nitrogens with one attached hydrogen (secondary N) is 2. The molecule has 1 aromatic carbocycles. The topological polar surface area (TPSA) is 88.6 Å². The van der Waals surface area contributed by atoms with E-state index < -0.39 is 0 Å². The third kappa shape index (κ3) is 4.97. The summed E-state index contributed by atoms with van der Waals surface area (Å²) in [4.78, 5) is 14.1. The summed E-state index contributed by atoms with van der Waals surface area (Å²) in [6.45, 7) is 0.978. The highest BCUT2D eigenvalue weighted by atomic mass is 16.5. The summed E-state index contributed by atoms with van der Waals surface area (Å²) in [5.41, 5.74) is 1.46. The second-order valence-electron chi connectivity index (χ2n) is 5.45. The first-order valence-corrected chi connectivity index (χ1v) is 7.79. The zero-order valence-corrected chi connectivity index (χ0v) is 14.9. The number of benzene rings is 1. The van der Waals surface area contributed by atoms with Gasteiger partial charge in [-0.3, -0.25) is 4.79 Å². The average molecular weight is 345 g/mol. The van der Waals surface area contributed by atoms with E-state index in [4.69, 9.17) is 9.47 Å². The Morgan fingerprint density at radius 1 is 1.12 bits per heavy atom. The van der Waals surface area contributed by atoms with Crippen molar-refractivity contribution < 1.29 is 14.3 Å². The number of methoxy groups -OCH3 is 2. The number of rotatable bonds is 8. The number of carbonyl (C=O) groups is 1. The lowest BCUT2D eigenvalue weighted by Crippen LogP contribution is -2.29. The Kier molecular flexibility index (Phi) is 6.39. The molecule has 1 heterocycles. The predicted octanol–water partition coefficient (Wildman–Crippen LogP) is 1.40. The molecule has 0 aliphatic heterocycles. The molecule has 2 N–H and O–H groups in total. The Hall–Kier alpha value is -3.03. The second kappa shape index (κ2) is 8.72. The summed E-state index contributed by atoms with van der Waals surface area (Å²) in [6.07, 6.45) is 1.68. The van der Waals surface area contributed by atoms with Crippen LogP contribution in [0.15, 0.2) is 30.5 Å². The molecule has 1 aromatic heterocycles. The van der Waals surface area contributed by atoms with Gasteiger partial charge in [0.2, 0.25) is 0 Å². The molecule has 0 radical (unpaired) electrons. The maximum absolute atomic E-state index is 12.2. The van der Waals surface area contributed by atoms with Gasteiger partial charge in [-0.1, -0.05) is 0 Å². The van der Waals surface area contributed by atoms with Crippen molar-refractivity contribution in [3.8, 4) is 11.5 Å². The van der Waals surface area contributed by atoms with Gasteiger partial charge in [-0.15, -0.1) is 5.10 Å². The normalized spacial score (nSPS) is 10.1. The molecule has 1 amide bonds. The monoisotopic (exact) mass is 345 g/mol. The molecule has 0 saturated heterocycles. The Morgan fingerprint density at radius 2 is 1.88 bits per heavy atom. The molecule has 0 fully saturated rings. The molecule has 2 aromatic rings. The van der Waals surface area contributed by atoms with Crippen LogP contribution in [0.3, 0.4) is 0 Å². The number of nitrogens with zero attached hydrogens (tertiary/aromatic N) is 3. The van der Waals surface area contributed by atoms with Crippen molar-refractivity contribution >= 4 is 17.4 Å². The SMILES string of the molecule is COc1ccc(C(=O)NCCNc2cc(N(C)C)cnn2)cc1OC. The first kappa shape index (κ1) is 18.3. The van der Waals surface area contributed by atoms with Crippen molar-refractivity contribution in [3.63, 3.8) is 0 Å². The van der Waals surface area contributed by atoms with Crippen LogP contribution in [0.25, 0.3) is 0 Å². The van der Waals surface area contributed by atoms with Crippen molar-refractivity contribution in [2.75, 3.05) is 51.6 Å². The zero-order valence-electron chi connectivity index (χ0n) is 14.9. The molecule has 2 rings (SSSR count). The molecule has 25 heavy (non-hydrogen) atoms. The number of aromatic nitrogens is 2. The fourth-order valence-corrected chi connectivity index (χ4v) is 2.13. The van der Waals surface area contributed by atoms with Crippen LogP contribution in [0.5, 0.6) is 11.5 Å². The van der Waals surface area contributed by atoms with Crippen LogP contribution >= 0.6 is 0 Å². The summed E-state index contributed by atoms with van der Waals surface area (Å²) >= 11 is 0. The minimum absolute atomic E-state index is 0.184. The van der Waals surface area contributed by atoms with Gasteiger partial charge in [0.05, 0.1) is 26.1 Å². The maximum atomic E-state index is 12.2. The molecule has 0 aliphatic carbocycles. The van der Waals surface area contributed by atoms with E-state index in [1.165, 1.54) is 7.11 Å². The fraction of sp³-hybridized carbons (Fsp3) is 0.353. The van der Waals surface area contributed by atoms with Gasteiger partial charge in [0.15, 0.2) is 17.3 Å². The highest BCUT2D eigenvalue weighted by molar-refractivity contribution is 5.94. The average Bonchev–Trinajstić information content (AvgIpc) is 2.64. The number of anilines is 2. The largest absolute Gasteiger partial charge is 0.493 e. The third-order valence-electron chi connectivity index (χ3n) is 3.52. The van der Waals surface area contributed by atoms with Gasteiger partial charge in [0.25, 0.3) is 5.91 Å². The van der Waals surface area contributed by atoms with Gasteiger partial charge in [-0.25, -0.2) is 0 Å². The quantitative estimate of drug-likeness (QED) is 0.699. The molecule has 8 nitrogen and oxygen atoms in total.